The quantitative estimate of drug-likeness (QED) is 0.235. The van der Waals surface area contributed by atoms with Gasteiger partial charge in [-0.25, -0.2) is 0 Å². The van der Waals surface area contributed by atoms with E-state index in [1.807, 2.05) is 6.92 Å². The fourth-order valence-corrected chi connectivity index (χ4v) is 2.95. The van der Waals surface area contributed by atoms with Gasteiger partial charge in [0, 0.05) is 6.42 Å². The van der Waals surface area contributed by atoms with Gasteiger partial charge in [-0.1, -0.05) is 97.8 Å². The molecular formula is C20H40O2. The predicted molar refractivity (Wildman–Crippen MR) is 96.1 cm³/mol. The molecule has 0 saturated heterocycles. The minimum absolute atomic E-state index is 0.0516. The van der Waals surface area contributed by atoms with Gasteiger partial charge in [-0.3, -0.25) is 4.79 Å². The Bertz CT molecular complexity index is 238. The summed E-state index contributed by atoms with van der Waals surface area (Å²) < 4.78 is 5.27. The van der Waals surface area contributed by atoms with E-state index in [-0.39, 0.29) is 5.97 Å². The second-order valence-electron chi connectivity index (χ2n) is 6.63. The lowest BCUT2D eigenvalue weighted by Crippen LogP contribution is -2.09. The smallest absolute Gasteiger partial charge is 0.305 e. The van der Waals surface area contributed by atoms with Crippen molar-refractivity contribution < 1.29 is 9.53 Å². The monoisotopic (exact) mass is 312 g/mol. The van der Waals surface area contributed by atoms with Crippen LogP contribution in [-0.4, -0.2) is 12.6 Å². The highest BCUT2D eigenvalue weighted by Gasteiger charge is 2.10. The molecule has 0 aliphatic heterocycles. The van der Waals surface area contributed by atoms with E-state index >= 15 is 0 Å². The Kier molecular flexibility index (Phi) is 16.4. The molecule has 132 valence electrons. The Morgan fingerprint density at radius 1 is 0.727 bits per heavy atom. The van der Waals surface area contributed by atoms with E-state index in [9.17, 15) is 4.79 Å². The molecule has 1 unspecified atom stereocenters. The van der Waals surface area contributed by atoms with Crippen LogP contribution in [-0.2, 0) is 9.53 Å². The summed E-state index contributed by atoms with van der Waals surface area (Å²) in [4.78, 5) is 11.2. The molecule has 0 aliphatic rings. The molecule has 0 amide bonds. The van der Waals surface area contributed by atoms with Gasteiger partial charge in [0.2, 0.25) is 0 Å². The minimum atomic E-state index is -0.0516. The fourth-order valence-electron chi connectivity index (χ4n) is 2.95. The third kappa shape index (κ3) is 14.4. The van der Waals surface area contributed by atoms with Gasteiger partial charge in [0.05, 0.1) is 6.61 Å². The molecular weight excluding hydrogens is 272 g/mol. The molecule has 0 aromatic carbocycles. The van der Waals surface area contributed by atoms with Crippen LogP contribution in [0.1, 0.15) is 111 Å². The van der Waals surface area contributed by atoms with Crippen molar-refractivity contribution in [1.29, 1.82) is 0 Å². The van der Waals surface area contributed by atoms with Crippen LogP contribution in [0.5, 0.6) is 0 Å². The van der Waals surface area contributed by atoms with Gasteiger partial charge in [0.15, 0.2) is 0 Å². The van der Waals surface area contributed by atoms with Crippen LogP contribution < -0.4 is 0 Å². The molecule has 0 aliphatic carbocycles. The maximum absolute atomic E-state index is 11.2. The number of hydrogen-bond acceptors (Lipinski definition) is 2. The third-order valence-electron chi connectivity index (χ3n) is 4.51. The van der Waals surface area contributed by atoms with Crippen molar-refractivity contribution in [2.24, 2.45) is 5.92 Å². The topological polar surface area (TPSA) is 26.3 Å². The predicted octanol–water partition coefficient (Wildman–Crippen LogP) is 6.67. The van der Waals surface area contributed by atoms with Crippen LogP contribution in [0.25, 0.3) is 0 Å². The highest BCUT2D eigenvalue weighted by Crippen LogP contribution is 2.22. The number of unbranched alkanes of at least 4 members (excludes halogenated alkanes) is 8. The summed E-state index contributed by atoms with van der Waals surface area (Å²) in [5.74, 6) is 0.706. The molecule has 0 aromatic rings. The maximum Gasteiger partial charge on any atom is 0.305 e. The maximum atomic E-state index is 11.2. The molecule has 22 heavy (non-hydrogen) atoms. The van der Waals surface area contributed by atoms with E-state index in [1.165, 1.54) is 77.0 Å². The molecule has 0 saturated carbocycles. The lowest BCUT2D eigenvalue weighted by Gasteiger charge is -2.17. The van der Waals surface area contributed by atoms with Crippen LogP contribution in [0, 0.1) is 5.92 Å². The number of carbonyl (C=O) groups excluding carboxylic acids is 1. The SMILES string of the molecule is CCCCCCCCC(CCCCCC)CCOC(=O)CC. The van der Waals surface area contributed by atoms with E-state index in [1.54, 1.807) is 0 Å². The molecule has 0 radical (unpaired) electrons. The van der Waals surface area contributed by atoms with Gasteiger partial charge in [-0.05, 0) is 12.3 Å². The average molecular weight is 313 g/mol. The average Bonchev–Trinajstić information content (AvgIpc) is 2.53. The Labute approximate surface area is 139 Å². The molecule has 0 fully saturated rings. The van der Waals surface area contributed by atoms with Gasteiger partial charge < -0.3 is 4.74 Å². The van der Waals surface area contributed by atoms with E-state index in [0.717, 1.165) is 12.3 Å². The van der Waals surface area contributed by atoms with Crippen molar-refractivity contribution in [2.75, 3.05) is 6.61 Å². The zero-order valence-corrected chi connectivity index (χ0v) is 15.5. The lowest BCUT2D eigenvalue weighted by molar-refractivity contribution is -0.143. The van der Waals surface area contributed by atoms with Gasteiger partial charge in [-0.2, -0.15) is 0 Å². The second-order valence-corrected chi connectivity index (χ2v) is 6.63. The number of carbonyl (C=O) groups is 1. The second kappa shape index (κ2) is 16.8. The number of hydrogen-bond donors (Lipinski definition) is 0. The van der Waals surface area contributed by atoms with E-state index in [4.69, 9.17) is 4.74 Å². The van der Waals surface area contributed by atoms with E-state index in [2.05, 4.69) is 13.8 Å². The van der Waals surface area contributed by atoms with E-state index < -0.39 is 0 Å². The Balaban J connectivity index is 3.81. The first-order chi connectivity index (χ1) is 10.7. The molecule has 1 atom stereocenters. The van der Waals surface area contributed by atoms with Crippen molar-refractivity contribution in [2.45, 2.75) is 111 Å². The Hall–Kier alpha value is -0.530. The molecule has 0 N–H and O–H groups in total. The fraction of sp³-hybridized carbons (Fsp3) is 0.950. The standard InChI is InChI=1S/C20H40O2/c1-4-7-9-11-12-14-16-19(15-13-10-8-5-2)17-18-22-20(21)6-3/h19H,4-18H2,1-3H3. The molecule has 0 aromatic heterocycles. The van der Waals surface area contributed by atoms with Crippen molar-refractivity contribution in [3.63, 3.8) is 0 Å². The molecule has 0 bridgehead atoms. The summed E-state index contributed by atoms with van der Waals surface area (Å²) in [6.45, 7) is 7.02. The summed E-state index contributed by atoms with van der Waals surface area (Å²) in [6.07, 6.45) is 17.8. The molecule has 0 spiro atoms. The first-order valence-corrected chi connectivity index (χ1v) is 9.90. The molecule has 2 nitrogen and oxygen atoms in total. The number of rotatable bonds is 16. The van der Waals surface area contributed by atoms with Crippen molar-refractivity contribution in [3.05, 3.63) is 0 Å². The van der Waals surface area contributed by atoms with Crippen LogP contribution in [0.4, 0.5) is 0 Å². The highest BCUT2D eigenvalue weighted by atomic mass is 16.5. The number of ether oxygens (including phenoxy) is 1. The summed E-state index contributed by atoms with van der Waals surface area (Å²) in [6, 6.07) is 0. The normalized spacial score (nSPS) is 12.3. The third-order valence-corrected chi connectivity index (χ3v) is 4.51. The van der Waals surface area contributed by atoms with Crippen LogP contribution in [0.3, 0.4) is 0 Å². The van der Waals surface area contributed by atoms with Crippen molar-refractivity contribution in [1.82, 2.24) is 0 Å². The van der Waals surface area contributed by atoms with Gasteiger partial charge in [0.25, 0.3) is 0 Å². The summed E-state index contributed by atoms with van der Waals surface area (Å²) in [5, 5.41) is 0. The van der Waals surface area contributed by atoms with Crippen LogP contribution >= 0.6 is 0 Å². The first kappa shape index (κ1) is 21.5. The van der Waals surface area contributed by atoms with Gasteiger partial charge in [-0.15, -0.1) is 0 Å². The summed E-state index contributed by atoms with van der Waals surface area (Å²) >= 11 is 0. The van der Waals surface area contributed by atoms with Crippen molar-refractivity contribution in [3.8, 4) is 0 Å². The van der Waals surface area contributed by atoms with Gasteiger partial charge in [0.1, 0.15) is 0 Å². The van der Waals surface area contributed by atoms with Crippen molar-refractivity contribution >= 4 is 5.97 Å². The minimum Gasteiger partial charge on any atom is -0.466 e. The van der Waals surface area contributed by atoms with Gasteiger partial charge >= 0.3 is 5.97 Å². The molecule has 0 rings (SSSR count). The molecule has 2 heteroatoms. The zero-order valence-electron chi connectivity index (χ0n) is 15.5. The lowest BCUT2D eigenvalue weighted by atomic mass is 9.92. The number of esters is 1. The summed E-state index contributed by atoms with van der Waals surface area (Å²) in [7, 11) is 0. The first-order valence-electron chi connectivity index (χ1n) is 9.90. The highest BCUT2D eigenvalue weighted by molar-refractivity contribution is 5.68. The van der Waals surface area contributed by atoms with Crippen LogP contribution in [0.15, 0.2) is 0 Å². The largest absolute Gasteiger partial charge is 0.466 e. The van der Waals surface area contributed by atoms with Crippen LogP contribution in [0.2, 0.25) is 0 Å². The Morgan fingerprint density at radius 2 is 1.23 bits per heavy atom. The summed E-state index contributed by atoms with van der Waals surface area (Å²) in [5.41, 5.74) is 0. The zero-order chi connectivity index (χ0) is 16.5. The molecule has 0 heterocycles. The Morgan fingerprint density at radius 3 is 1.77 bits per heavy atom. The van der Waals surface area contributed by atoms with E-state index in [0.29, 0.717) is 13.0 Å².